The van der Waals surface area contributed by atoms with Crippen molar-refractivity contribution in [1.29, 1.82) is 0 Å². The number of nitrogens with one attached hydrogen (secondary N) is 2. The van der Waals surface area contributed by atoms with Gasteiger partial charge >= 0.3 is 0 Å². The minimum absolute atomic E-state index is 0. The van der Waals surface area contributed by atoms with Crippen molar-refractivity contribution in [3.8, 4) is 0 Å². The molecule has 1 amide bonds. The predicted molar refractivity (Wildman–Crippen MR) is 78.2 cm³/mol. The molecule has 0 aromatic carbocycles. The molecule has 0 spiro atoms. The monoisotopic (exact) mass is 338 g/mol. The van der Waals surface area contributed by atoms with Gasteiger partial charge in [0.1, 0.15) is 0 Å². The highest BCUT2D eigenvalue weighted by molar-refractivity contribution is 9.10. The summed E-state index contributed by atoms with van der Waals surface area (Å²) in [7, 11) is 0. The molecule has 1 heterocycles. The van der Waals surface area contributed by atoms with E-state index in [9.17, 15) is 4.79 Å². The quantitative estimate of drug-likeness (QED) is 0.786. The Morgan fingerprint density at radius 3 is 2.50 bits per heavy atom. The molecule has 0 bridgehead atoms. The zero-order valence-electron chi connectivity index (χ0n) is 11.0. The molecule has 4 N–H and O–H groups in total. The van der Waals surface area contributed by atoms with Crippen LogP contribution < -0.4 is 11.1 Å². The Hall–Kier alpha value is -0.590. The molecule has 0 saturated heterocycles. The first-order chi connectivity index (χ1) is 7.72. The highest BCUT2D eigenvalue weighted by Gasteiger charge is 2.20. The summed E-state index contributed by atoms with van der Waals surface area (Å²) in [4.78, 5) is 11.9. The lowest BCUT2D eigenvalue weighted by atomic mass is 10.1. The van der Waals surface area contributed by atoms with E-state index in [1.165, 1.54) is 0 Å². The Bertz CT molecular complexity index is 412. The number of hydrogen-bond donors (Lipinski definition) is 3. The number of H-pyrrole nitrogens is 1. The largest absolute Gasteiger partial charge is 0.349 e. The molecule has 5 nitrogen and oxygen atoms in total. The molecule has 0 aliphatic heterocycles. The van der Waals surface area contributed by atoms with Gasteiger partial charge in [0.2, 0.25) is 0 Å². The van der Waals surface area contributed by atoms with E-state index in [1.807, 2.05) is 27.7 Å². The van der Waals surface area contributed by atoms with Crippen molar-refractivity contribution in [3.63, 3.8) is 0 Å². The Balaban J connectivity index is 0.00000289. The average molecular weight is 340 g/mol. The summed E-state index contributed by atoms with van der Waals surface area (Å²) in [5, 5.41) is 9.63. The fourth-order valence-electron chi connectivity index (χ4n) is 1.27. The first-order valence-corrected chi connectivity index (χ1v) is 6.32. The van der Waals surface area contributed by atoms with Crippen LogP contribution in [-0.4, -0.2) is 28.2 Å². The van der Waals surface area contributed by atoms with Crippen LogP contribution in [0, 0.1) is 0 Å². The molecule has 1 aromatic heterocycles. The van der Waals surface area contributed by atoms with Crippen molar-refractivity contribution >= 4 is 34.2 Å². The number of halogens is 2. The summed E-state index contributed by atoms with van der Waals surface area (Å²) >= 11 is 3.39. The number of amides is 1. The fraction of sp³-hybridized carbons (Fsp3) is 0.636. The standard InChI is InChI=1S/C11H19BrN4O.ClH/c1-6(2)8-7(12)9(16-15-8)10(17)14-5-11(3,4)13;/h6H,5,13H2,1-4H3,(H,14,17)(H,15,16);1H. The van der Waals surface area contributed by atoms with Gasteiger partial charge in [0, 0.05) is 12.1 Å². The van der Waals surface area contributed by atoms with Crippen molar-refractivity contribution < 1.29 is 4.79 Å². The van der Waals surface area contributed by atoms with E-state index in [2.05, 4.69) is 31.4 Å². The van der Waals surface area contributed by atoms with E-state index in [-0.39, 0.29) is 24.2 Å². The van der Waals surface area contributed by atoms with E-state index in [1.54, 1.807) is 0 Å². The number of rotatable bonds is 4. The lowest BCUT2D eigenvalue weighted by Crippen LogP contribution is -2.45. The minimum atomic E-state index is -0.431. The maximum absolute atomic E-state index is 11.9. The van der Waals surface area contributed by atoms with Crippen LogP contribution in [0.25, 0.3) is 0 Å². The van der Waals surface area contributed by atoms with E-state index < -0.39 is 5.54 Å². The van der Waals surface area contributed by atoms with Crippen LogP contribution in [0.1, 0.15) is 49.8 Å². The molecule has 0 radical (unpaired) electrons. The Labute approximate surface area is 122 Å². The molecular weight excluding hydrogens is 320 g/mol. The second kappa shape index (κ2) is 6.54. The van der Waals surface area contributed by atoms with E-state index in [4.69, 9.17) is 5.73 Å². The lowest BCUT2D eigenvalue weighted by molar-refractivity contribution is 0.0940. The third-order valence-electron chi connectivity index (χ3n) is 2.23. The molecule has 18 heavy (non-hydrogen) atoms. The van der Waals surface area contributed by atoms with Crippen LogP contribution in [0.15, 0.2) is 4.47 Å². The summed E-state index contributed by atoms with van der Waals surface area (Å²) in [5.41, 5.74) is 6.66. The molecule has 1 rings (SSSR count). The van der Waals surface area contributed by atoms with Crippen LogP contribution in [0.2, 0.25) is 0 Å². The summed E-state index contributed by atoms with van der Waals surface area (Å²) < 4.78 is 0.722. The third-order valence-corrected chi connectivity index (χ3v) is 3.03. The second-order valence-corrected chi connectivity index (χ2v) is 5.92. The van der Waals surface area contributed by atoms with Gasteiger partial charge in [-0.3, -0.25) is 9.89 Å². The molecule has 7 heteroatoms. The van der Waals surface area contributed by atoms with Crippen molar-refractivity contribution in [2.45, 2.75) is 39.2 Å². The van der Waals surface area contributed by atoms with Gasteiger partial charge in [-0.1, -0.05) is 13.8 Å². The normalized spacial score (nSPS) is 11.3. The van der Waals surface area contributed by atoms with Crippen LogP contribution in [0.5, 0.6) is 0 Å². The van der Waals surface area contributed by atoms with Gasteiger partial charge in [-0.05, 0) is 35.7 Å². The lowest BCUT2D eigenvalue weighted by Gasteiger charge is -2.18. The molecule has 0 saturated carbocycles. The first-order valence-electron chi connectivity index (χ1n) is 5.53. The Morgan fingerprint density at radius 1 is 1.56 bits per heavy atom. The first kappa shape index (κ1) is 17.4. The Kier molecular flexibility index (Phi) is 6.33. The van der Waals surface area contributed by atoms with E-state index in [0.717, 1.165) is 10.2 Å². The SMILES string of the molecule is CC(C)c1[nH]nc(C(=O)NCC(C)(C)N)c1Br.Cl. The number of nitrogens with zero attached hydrogens (tertiary/aromatic N) is 1. The molecule has 0 aliphatic rings. The number of aromatic nitrogens is 2. The van der Waals surface area contributed by atoms with E-state index in [0.29, 0.717) is 12.2 Å². The number of nitrogens with two attached hydrogens (primary N) is 1. The summed E-state index contributed by atoms with van der Waals surface area (Å²) in [6, 6.07) is 0. The van der Waals surface area contributed by atoms with Crippen molar-refractivity contribution in [2.75, 3.05) is 6.54 Å². The van der Waals surface area contributed by atoms with Gasteiger partial charge < -0.3 is 11.1 Å². The third kappa shape index (κ3) is 4.59. The van der Waals surface area contributed by atoms with Crippen LogP contribution in [0.4, 0.5) is 0 Å². The molecule has 0 unspecified atom stereocenters. The van der Waals surface area contributed by atoms with E-state index >= 15 is 0 Å². The predicted octanol–water partition coefficient (Wildman–Crippen LogP) is 2.18. The summed E-state index contributed by atoms with van der Waals surface area (Å²) in [5.74, 6) is 0.0583. The van der Waals surface area contributed by atoms with Gasteiger partial charge in [0.15, 0.2) is 5.69 Å². The maximum Gasteiger partial charge on any atom is 0.273 e. The molecule has 104 valence electrons. The van der Waals surface area contributed by atoms with Crippen molar-refractivity contribution in [1.82, 2.24) is 15.5 Å². The van der Waals surface area contributed by atoms with Gasteiger partial charge in [-0.2, -0.15) is 5.10 Å². The number of hydrogen-bond acceptors (Lipinski definition) is 3. The average Bonchev–Trinajstić information content (AvgIpc) is 2.55. The van der Waals surface area contributed by atoms with Gasteiger partial charge in [-0.15, -0.1) is 12.4 Å². The van der Waals surface area contributed by atoms with Crippen molar-refractivity contribution in [2.24, 2.45) is 5.73 Å². The van der Waals surface area contributed by atoms with Gasteiger partial charge in [0.25, 0.3) is 5.91 Å². The summed E-state index contributed by atoms with van der Waals surface area (Å²) in [6.07, 6.45) is 0. The molecule has 0 atom stereocenters. The molecule has 0 fully saturated rings. The maximum atomic E-state index is 11.9. The number of aromatic amines is 1. The number of carbonyl (C=O) groups excluding carboxylic acids is 1. The van der Waals surface area contributed by atoms with Gasteiger partial charge in [0.05, 0.1) is 10.2 Å². The fourth-order valence-corrected chi connectivity index (χ4v) is 2.08. The number of carbonyl (C=O) groups is 1. The van der Waals surface area contributed by atoms with Crippen molar-refractivity contribution in [3.05, 3.63) is 15.9 Å². The second-order valence-electron chi connectivity index (χ2n) is 5.13. The topological polar surface area (TPSA) is 83.8 Å². The van der Waals surface area contributed by atoms with Crippen LogP contribution in [-0.2, 0) is 0 Å². The minimum Gasteiger partial charge on any atom is -0.349 e. The zero-order valence-corrected chi connectivity index (χ0v) is 13.4. The smallest absolute Gasteiger partial charge is 0.273 e. The highest BCUT2D eigenvalue weighted by atomic mass is 79.9. The van der Waals surface area contributed by atoms with Crippen LogP contribution in [0.3, 0.4) is 0 Å². The van der Waals surface area contributed by atoms with Crippen LogP contribution >= 0.6 is 28.3 Å². The highest BCUT2D eigenvalue weighted by Crippen LogP contribution is 2.25. The molecule has 1 aromatic rings. The van der Waals surface area contributed by atoms with Gasteiger partial charge in [-0.25, -0.2) is 0 Å². The zero-order chi connectivity index (χ0) is 13.2. The Morgan fingerprint density at radius 2 is 2.11 bits per heavy atom. The summed E-state index contributed by atoms with van der Waals surface area (Å²) in [6.45, 7) is 8.17. The molecular formula is C11H20BrClN4O. The molecule has 0 aliphatic carbocycles.